The third kappa shape index (κ3) is 14.5. The Hall–Kier alpha value is -0.0300. The van der Waals surface area contributed by atoms with Gasteiger partial charge in [-0.25, -0.2) is 0 Å². The van der Waals surface area contributed by atoms with Crippen LogP contribution in [0.25, 0.3) is 0 Å². The molecule has 0 heterocycles. The van der Waals surface area contributed by atoms with Gasteiger partial charge in [0.15, 0.2) is 0 Å². The molecule has 0 aromatic carbocycles. The van der Waals surface area contributed by atoms with Crippen molar-refractivity contribution in [1.82, 2.24) is 0 Å². The van der Waals surface area contributed by atoms with Crippen molar-refractivity contribution in [3.05, 3.63) is 0 Å². The van der Waals surface area contributed by atoms with Gasteiger partial charge in [-0.05, 0) is 12.8 Å². The normalized spacial score (nSPS) is 11.0. The molecule has 0 aromatic rings. The van der Waals surface area contributed by atoms with Crippen molar-refractivity contribution in [2.45, 2.75) is 38.1 Å². The molecular weight excluding hydrogens is 227 g/mol. The van der Waals surface area contributed by atoms with Gasteiger partial charge in [0.25, 0.3) is 0 Å². The number of aliphatic carboxylic acids is 1. The first-order chi connectivity index (χ1) is 5.66. The zero-order valence-corrected chi connectivity index (χ0v) is 9.78. The van der Waals surface area contributed by atoms with Gasteiger partial charge < -0.3 is 16.6 Å². The number of hydrogen-bond acceptors (Lipinski definition) is 3. The molecule has 14 heavy (non-hydrogen) atoms. The van der Waals surface area contributed by atoms with Crippen molar-refractivity contribution >= 4 is 30.8 Å². The second-order valence-corrected chi connectivity index (χ2v) is 2.99. The van der Waals surface area contributed by atoms with E-state index in [1.165, 1.54) is 0 Å². The van der Waals surface area contributed by atoms with Gasteiger partial charge >= 0.3 is 5.97 Å². The van der Waals surface area contributed by atoms with Crippen molar-refractivity contribution in [3.63, 3.8) is 0 Å². The Morgan fingerprint density at radius 1 is 1.21 bits per heavy atom. The lowest BCUT2D eigenvalue weighted by molar-refractivity contribution is -0.137. The molecule has 1 unspecified atom stereocenters. The van der Waals surface area contributed by atoms with E-state index in [2.05, 4.69) is 0 Å². The van der Waals surface area contributed by atoms with Crippen LogP contribution in [0.4, 0.5) is 0 Å². The molecule has 0 rings (SSSR count). The number of carboxylic acid groups (broad SMARTS) is 1. The topological polar surface area (TPSA) is 89.3 Å². The van der Waals surface area contributed by atoms with E-state index in [1.54, 1.807) is 0 Å². The Kier molecular flexibility index (Phi) is 18.1. The summed E-state index contributed by atoms with van der Waals surface area (Å²) in [5, 5.41) is 8.32. The number of carboxylic acids is 1. The highest BCUT2D eigenvalue weighted by atomic mass is 35.5. The molecule has 5 N–H and O–H groups in total. The van der Waals surface area contributed by atoms with Crippen molar-refractivity contribution in [2.75, 3.05) is 6.54 Å². The molecule has 6 heteroatoms. The summed E-state index contributed by atoms with van der Waals surface area (Å²) in [5.74, 6) is -0.724. The largest absolute Gasteiger partial charge is 0.481 e. The molecule has 1 atom stereocenters. The van der Waals surface area contributed by atoms with Crippen LogP contribution in [-0.2, 0) is 4.79 Å². The molecule has 0 aliphatic rings. The fraction of sp³-hybridized carbons (Fsp3) is 0.875. The van der Waals surface area contributed by atoms with Crippen LogP contribution in [0.5, 0.6) is 0 Å². The van der Waals surface area contributed by atoms with Crippen molar-refractivity contribution in [2.24, 2.45) is 11.5 Å². The van der Waals surface area contributed by atoms with Gasteiger partial charge in [-0.15, -0.1) is 24.8 Å². The van der Waals surface area contributed by atoms with E-state index in [-0.39, 0.29) is 37.3 Å². The molecule has 0 saturated heterocycles. The van der Waals surface area contributed by atoms with E-state index >= 15 is 0 Å². The Labute approximate surface area is 97.2 Å². The number of hydrogen-bond donors (Lipinski definition) is 3. The third-order valence-electron chi connectivity index (χ3n) is 1.77. The number of carbonyl (C=O) groups is 1. The lowest BCUT2D eigenvalue weighted by Crippen LogP contribution is -2.29. The van der Waals surface area contributed by atoms with Gasteiger partial charge in [0.05, 0.1) is 0 Å². The highest BCUT2D eigenvalue weighted by Crippen LogP contribution is 2.03. The third-order valence-corrected chi connectivity index (χ3v) is 1.77. The Bertz CT molecular complexity index is 137. The predicted molar refractivity (Wildman–Crippen MR) is 62.2 cm³/mol. The molecule has 0 bridgehead atoms. The quantitative estimate of drug-likeness (QED) is 0.589. The van der Waals surface area contributed by atoms with Crippen LogP contribution in [-0.4, -0.2) is 23.7 Å². The van der Waals surface area contributed by atoms with Gasteiger partial charge in [0.1, 0.15) is 0 Å². The first-order valence-corrected chi connectivity index (χ1v) is 4.34. The maximum atomic E-state index is 10.1. The summed E-state index contributed by atoms with van der Waals surface area (Å²) < 4.78 is 0. The average molecular weight is 247 g/mol. The van der Waals surface area contributed by atoms with Crippen molar-refractivity contribution in [3.8, 4) is 0 Å². The second kappa shape index (κ2) is 13.0. The molecule has 0 aliphatic carbocycles. The molecule has 0 amide bonds. The lowest BCUT2D eigenvalue weighted by Gasteiger charge is -2.06. The van der Waals surface area contributed by atoms with Crippen LogP contribution in [0.1, 0.15) is 32.1 Å². The minimum atomic E-state index is -0.724. The van der Waals surface area contributed by atoms with E-state index < -0.39 is 5.97 Å². The molecule has 4 nitrogen and oxygen atoms in total. The maximum absolute atomic E-state index is 10.1. The molecular formula is C8H20Cl2N2O2. The number of rotatable bonds is 7. The van der Waals surface area contributed by atoms with Crippen LogP contribution in [0, 0.1) is 0 Å². The summed E-state index contributed by atoms with van der Waals surface area (Å²) in [5.41, 5.74) is 10.9. The zero-order valence-electron chi connectivity index (χ0n) is 8.15. The second-order valence-electron chi connectivity index (χ2n) is 2.99. The standard InChI is InChI=1S/C8H18N2O2.2ClH/c9-6-7(10)4-2-1-3-5-8(11)12;;/h7H,1-6,9-10H2,(H,11,12);2*1H. The van der Waals surface area contributed by atoms with Gasteiger partial charge in [-0.3, -0.25) is 4.79 Å². The minimum absolute atomic E-state index is 0. The SMILES string of the molecule is Cl.Cl.NCC(N)CCCCCC(=O)O. The molecule has 0 radical (unpaired) electrons. The number of unbranched alkanes of at least 4 members (excludes halogenated alkanes) is 2. The molecule has 0 spiro atoms. The lowest BCUT2D eigenvalue weighted by atomic mass is 10.1. The summed E-state index contributed by atoms with van der Waals surface area (Å²) in [4.78, 5) is 10.1. The first-order valence-electron chi connectivity index (χ1n) is 4.34. The van der Waals surface area contributed by atoms with Gasteiger partial charge in [-0.1, -0.05) is 12.8 Å². The van der Waals surface area contributed by atoms with E-state index in [0.717, 1.165) is 25.7 Å². The van der Waals surface area contributed by atoms with E-state index in [9.17, 15) is 4.79 Å². The zero-order chi connectivity index (χ0) is 9.40. The number of halogens is 2. The fourth-order valence-electron chi connectivity index (χ4n) is 0.977. The first kappa shape index (κ1) is 19.5. The summed E-state index contributed by atoms with van der Waals surface area (Å²) in [6.07, 6.45) is 3.81. The van der Waals surface area contributed by atoms with E-state index in [1.807, 2.05) is 0 Å². The molecule has 0 aromatic heterocycles. The monoisotopic (exact) mass is 246 g/mol. The van der Waals surface area contributed by atoms with E-state index in [4.69, 9.17) is 16.6 Å². The fourth-order valence-corrected chi connectivity index (χ4v) is 0.977. The van der Waals surface area contributed by atoms with Crippen LogP contribution in [0.2, 0.25) is 0 Å². The molecule has 0 fully saturated rings. The summed E-state index contributed by atoms with van der Waals surface area (Å²) >= 11 is 0. The highest BCUT2D eigenvalue weighted by Gasteiger charge is 2.00. The number of nitrogens with two attached hydrogens (primary N) is 2. The van der Waals surface area contributed by atoms with Crippen molar-refractivity contribution < 1.29 is 9.90 Å². The van der Waals surface area contributed by atoms with Crippen LogP contribution < -0.4 is 11.5 Å². The summed E-state index contributed by atoms with van der Waals surface area (Å²) in [6, 6.07) is 0.0785. The average Bonchev–Trinajstić information content (AvgIpc) is 2.03. The molecule has 0 aliphatic heterocycles. The van der Waals surface area contributed by atoms with Crippen LogP contribution in [0.3, 0.4) is 0 Å². The molecule has 88 valence electrons. The summed E-state index contributed by atoms with van der Waals surface area (Å²) in [6.45, 7) is 0.513. The Morgan fingerprint density at radius 2 is 1.79 bits per heavy atom. The predicted octanol–water partition coefficient (Wildman–Crippen LogP) is 1.15. The smallest absolute Gasteiger partial charge is 0.303 e. The van der Waals surface area contributed by atoms with Gasteiger partial charge in [0.2, 0.25) is 0 Å². The van der Waals surface area contributed by atoms with Gasteiger partial charge in [-0.2, -0.15) is 0 Å². The minimum Gasteiger partial charge on any atom is -0.481 e. The van der Waals surface area contributed by atoms with Crippen LogP contribution in [0.15, 0.2) is 0 Å². The maximum Gasteiger partial charge on any atom is 0.303 e. The molecule has 0 saturated carbocycles. The van der Waals surface area contributed by atoms with Crippen molar-refractivity contribution in [1.29, 1.82) is 0 Å². The Morgan fingerprint density at radius 3 is 2.21 bits per heavy atom. The van der Waals surface area contributed by atoms with Gasteiger partial charge in [0, 0.05) is 19.0 Å². The highest BCUT2D eigenvalue weighted by molar-refractivity contribution is 5.85. The van der Waals surface area contributed by atoms with Crippen LogP contribution >= 0.6 is 24.8 Å². The van der Waals surface area contributed by atoms with E-state index in [0.29, 0.717) is 6.54 Å². The summed E-state index contributed by atoms with van der Waals surface area (Å²) in [7, 11) is 0. The Balaban J connectivity index is -0.000000605.